The molecule has 0 bridgehead atoms. The van der Waals surface area contributed by atoms with E-state index < -0.39 is 0 Å². The molecule has 1 aromatic heterocycles. The van der Waals surface area contributed by atoms with E-state index in [4.69, 9.17) is 16.1 Å². The highest BCUT2D eigenvalue weighted by molar-refractivity contribution is 6.30. The molecule has 0 radical (unpaired) electrons. The first-order chi connectivity index (χ1) is 15.0. The first-order valence-corrected chi connectivity index (χ1v) is 10.9. The molecule has 2 aromatic carbocycles. The van der Waals surface area contributed by atoms with Gasteiger partial charge in [-0.1, -0.05) is 47.1 Å². The SMILES string of the molecule is Cc1cccc(C)c1NC(=O)CN1CCN(Cc2cc(-c3ccc(Cl)cc3)no2)CC1. The number of aromatic nitrogens is 1. The van der Waals surface area contributed by atoms with Crippen LogP contribution in [-0.4, -0.2) is 53.6 Å². The second-order valence-corrected chi connectivity index (χ2v) is 8.49. The molecule has 31 heavy (non-hydrogen) atoms. The van der Waals surface area contributed by atoms with E-state index >= 15 is 0 Å². The smallest absolute Gasteiger partial charge is 0.238 e. The van der Waals surface area contributed by atoms with E-state index in [9.17, 15) is 4.79 Å². The van der Waals surface area contributed by atoms with Crippen molar-refractivity contribution >= 4 is 23.2 Å². The van der Waals surface area contributed by atoms with E-state index in [-0.39, 0.29) is 5.91 Å². The number of hydrogen-bond donors (Lipinski definition) is 1. The molecule has 3 aromatic rings. The maximum absolute atomic E-state index is 12.5. The molecule has 0 spiro atoms. The van der Waals surface area contributed by atoms with Gasteiger partial charge in [0.2, 0.25) is 5.91 Å². The third kappa shape index (κ3) is 5.53. The summed E-state index contributed by atoms with van der Waals surface area (Å²) in [6.45, 7) is 8.61. The van der Waals surface area contributed by atoms with Crippen molar-refractivity contribution in [2.24, 2.45) is 0 Å². The van der Waals surface area contributed by atoms with Gasteiger partial charge in [0, 0.05) is 48.5 Å². The summed E-state index contributed by atoms with van der Waals surface area (Å²) in [6, 6.07) is 15.6. The van der Waals surface area contributed by atoms with E-state index in [2.05, 4.69) is 20.3 Å². The first kappa shape index (κ1) is 21.6. The van der Waals surface area contributed by atoms with Gasteiger partial charge in [-0.15, -0.1) is 0 Å². The predicted molar refractivity (Wildman–Crippen MR) is 123 cm³/mol. The maximum Gasteiger partial charge on any atom is 0.238 e. The number of carbonyl (C=O) groups excluding carboxylic acids is 1. The quantitative estimate of drug-likeness (QED) is 0.619. The van der Waals surface area contributed by atoms with E-state index in [0.29, 0.717) is 18.1 Å². The average Bonchev–Trinajstić information content (AvgIpc) is 3.21. The Bertz CT molecular complexity index is 1020. The molecule has 1 amide bonds. The van der Waals surface area contributed by atoms with Gasteiger partial charge in [-0.05, 0) is 37.1 Å². The molecule has 1 fully saturated rings. The Kier molecular flexibility index (Phi) is 6.70. The van der Waals surface area contributed by atoms with Crippen LogP contribution in [-0.2, 0) is 11.3 Å². The van der Waals surface area contributed by atoms with E-state index in [0.717, 1.165) is 60.0 Å². The van der Waals surface area contributed by atoms with Crippen LogP contribution < -0.4 is 5.32 Å². The Morgan fingerprint density at radius 3 is 2.35 bits per heavy atom. The molecule has 7 heteroatoms. The minimum absolute atomic E-state index is 0.0358. The lowest BCUT2D eigenvalue weighted by atomic mass is 10.1. The van der Waals surface area contributed by atoms with Crippen LogP contribution in [0.2, 0.25) is 5.02 Å². The van der Waals surface area contributed by atoms with Crippen LogP contribution in [0.1, 0.15) is 16.9 Å². The summed E-state index contributed by atoms with van der Waals surface area (Å²) >= 11 is 5.95. The zero-order chi connectivity index (χ0) is 21.8. The largest absolute Gasteiger partial charge is 0.359 e. The van der Waals surface area contributed by atoms with E-state index in [1.54, 1.807) is 0 Å². The molecule has 1 aliphatic heterocycles. The first-order valence-electron chi connectivity index (χ1n) is 10.5. The van der Waals surface area contributed by atoms with Crippen LogP contribution in [0.3, 0.4) is 0 Å². The number of nitrogens with zero attached hydrogens (tertiary/aromatic N) is 3. The number of aryl methyl sites for hydroxylation is 2. The Morgan fingerprint density at radius 2 is 1.68 bits per heavy atom. The number of rotatable bonds is 6. The number of nitrogens with one attached hydrogen (secondary N) is 1. The summed E-state index contributed by atoms with van der Waals surface area (Å²) < 4.78 is 5.53. The summed E-state index contributed by atoms with van der Waals surface area (Å²) in [5.74, 6) is 0.875. The third-order valence-electron chi connectivity index (χ3n) is 5.66. The van der Waals surface area contributed by atoms with Crippen LogP contribution in [0.25, 0.3) is 11.3 Å². The zero-order valence-corrected chi connectivity index (χ0v) is 18.7. The van der Waals surface area contributed by atoms with Gasteiger partial charge in [0.05, 0.1) is 13.1 Å². The van der Waals surface area contributed by atoms with Crippen molar-refractivity contribution in [3.63, 3.8) is 0 Å². The van der Waals surface area contributed by atoms with Crippen LogP contribution in [0, 0.1) is 13.8 Å². The molecule has 1 aliphatic rings. The van der Waals surface area contributed by atoms with Crippen molar-refractivity contribution in [1.82, 2.24) is 15.0 Å². The molecule has 6 nitrogen and oxygen atoms in total. The van der Waals surface area contributed by atoms with Gasteiger partial charge in [0.1, 0.15) is 5.69 Å². The van der Waals surface area contributed by atoms with Crippen molar-refractivity contribution in [2.75, 3.05) is 38.0 Å². The number of amides is 1. The maximum atomic E-state index is 12.5. The fourth-order valence-corrected chi connectivity index (χ4v) is 3.99. The van der Waals surface area contributed by atoms with Crippen molar-refractivity contribution in [3.8, 4) is 11.3 Å². The molecule has 1 N–H and O–H groups in total. The van der Waals surface area contributed by atoms with Gasteiger partial charge in [0.25, 0.3) is 0 Å². The predicted octanol–water partition coefficient (Wildman–Crippen LogP) is 4.37. The van der Waals surface area contributed by atoms with Gasteiger partial charge in [-0.3, -0.25) is 14.6 Å². The highest BCUT2D eigenvalue weighted by Gasteiger charge is 2.21. The summed E-state index contributed by atoms with van der Waals surface area (Å²) in [4.78, 5) is 17.0. The van der Waals surface area contributed by atoms with E-state index in [1.165, 1.54) is 0 Å². The van der Waals surface area contributed by atoms with Gasteiger partial charge in [-0.2, -0.15) is 0 Å². The lowest BCUT2D eigenvalue weighted by molar-refractivity contribution is -0.117. The van der Waals surface area contributed by atoms with Crippen molar-refractivity contribution < 1.29 is 9.32 Å². The second-order valence-electron chi connectivity index (χ2n) is 8.05. The van der Waals surface area contributed by atoms with Gasteiger partial charge < -0.3 is 9.84 Å². The molecule has 4 rings (SSSR count). The number of anilines is 1. The number of carbonyl (C=O) groups is 1. The number of para-hydroxylation sites is 1. The zero-order valence-electron chi connectivity index (χ0n) is 17.9. The van der Waals surface area contributed by atoms with Crippen LogP contribution in [0.4, 0.5) is 5.69 Å². The summed E-state index contributed by atoms with van der Waals surface area (Å²) in [5, 5.41) is 7.96. The third-order valence-corrected chi connectivity index (χ3v) is 5.91. The van der Waals surface area contributed by atoms with Crippen LogP contribution >= 0.6 is 11.6 Å². The Hall–Kier alpha value is -2.67. The Morgan fingerprint density at radius 1 is 1.03 bits per heavy atom. The van der Waals surface area contributed by atoms with E-state index in [1.807, 2.05) is 62.4 Å². The van der Waals surface area contributed by atoms with Crippen molar-refractivity contribution in [2.45, 2.75) is 20.4 Å². The summed E-state index contributed by atoms with van der Waals surface area (Å²) in [6.07, 6.45) is 0. The number of halogens is 1. The van der Waals surface area contributed by atoms with Crippen LogP contribution in [0.5, 0.6) is 0 Å². The minimum atomic E-state index is 0.0358. The Labute approximate surface area is 187 Å². The topological polar surface area (TPSA) is 61.6 Å². The monoisotopic (exact) mass is 438 g/mol. The minimum Gasteiger partial charge on any atom is -0.359 e. The number of benzene rings is 2. The molecule has 0 aliphatic carbocycles. The lowest BCUT2D eigenvalue weighted by Gasteiger charge is -2.33. The molecule has 2 heterocycles. The normalized spacial score (nSPS) is 15.2. The number of hydrogen-bond acceptors (Lipinski definition) is 5. The highest BCUT2D eigenvalue weighted by atomic mass is 35.5. The lowest BCUT2D eigenvalue weighted by Crippen LogP contribution is -2.48. The molecular weight excluding hydrogens is 412 g/mol. The molecule has 0 unspecified atom stereocenters. The standard InChI is InChI=1S/C24H27ClN4O2/c1-17-4-3-5-18(2)24(17)26-23(30)16-29-12-10-28(11-13-29)15-21-14-22(27-31-21)19-6-8-20(25)9-7-19/h3-9,14H,10-13,15-16H2,1-2H3,(H,26,30). The van der Waals surface area contributed by atoms with Crippen molar-refractivity contribution in [1.29, 1.82) is 0 Å². The average molecular weight is 439 g/mol. The summed E-state index contributed by atoms with van der Waals surface area (Å²) in [7, 11) is 0. The molecular formula is C24H27ClN4O2. The van der Waals surface area contributed by atoms with Crippen molar-refractivity contribution in [3.05, 3.63) is 70.4 Å². The number of piperazine rings is 1. The molecule has 0 atom stereocenters. The highest BCUT2D eigenvalue weighted by Crippen LogP contribution is 2.22. The van der Waals surface area contributed by atoms with Gasteiger partial charge in [0.15, 0.2) is 5.76 Å². The molecule has 1 saturated heterocycles. The van der Waals surface area contributed by atoms with Gasteiger partial charge in [-0.25, -0.2) is 0 Å². The fourth-order valence-electron chi connectivity index (χ4n) is 3.86. The van der Waals surface area contributed by atoms with Crippen LogP contribution in [0.15, 0.2) is 53.1 Å². The molecule has 0 saturated carbocycles. The second kappa shape index (κ2) is 9.64. The molecule has 162 valence electrons. The summed E-state index contributed by atoms with van der Waals surface area (Å²) in [5.41, 5.74) is 4.90. The fraction of sp³-hybridized carbons (Fsp3) is 0.333. The van der Waals surface area contributed by atoms with Gasteiger partial charge >= 0.3 is 0 Å². The Balaban J connectivity index is 1.25.